The molecule has 68 valence electrons. The molecule has 1 aromatic heterocycles. The van der Waals surface area contributed by atoms with Gasteiger partial charge >= 0.3 is 0 Å². The van der Waals surface area contributed by atoms with Crippen LogP contribution in [0.1, 0.15) is 23.4 Å². The molecule has 1 unspecified atom stereocenters. The highest BCUT2D eigenvalue weighted by atomic mass is 19.3. The molecular formula is C7H10F2N2O. The Morgan fingerprint density at radius 3 is 2.33 bits per heavy atom. The summed E-state index contributed by atoms with van der Waals surface area (Å²) < 4.78 is 29.0. The Kier molecular flexibility index (Phi) is 2.42. The number of alkyl halides is 2. The summed E-state index contributed by atoms with van der Waals surface area (Å²) in [7, 11) is 0. The Balaban J connectivity index is 2.89. The van der Waals surface area contributed by atoms with E-state index in [1.54, 1.807) is 13.8 Å². The molecule has 1 heterocycles. The van der Waals surface area contributed by atoms with Crippen LogP contribution in [0.2, 0.25) is 0 Å². The lowest BCUT2D eigenvalue weighted by Gasteiger charge is -2.03. The molecule has 0 bridgehead atoms. The number of oxazole rings is 1. The van der Waals surface area contributed by atoms with Gasteiger partial charge in [-0.05, 0) is 13.8 Å². The molecule has 0 amide bonds. The van der Waals surface area contributed by atoms with Gasteiger partial charge < -0.3 is 10.2 Å². The van der Waals surface area contributed by atoms with Crippen LogP contribution in [0.4, 0.5) is 8.78 Å². The van der Waals surface area contributed by atoms with Crippen molar-refractivity contribution in [3.8, 4) is 0 Å². The average Bonchev–Trinajstić information content (AvgIpc) is 2.30. The Hall–Kier alpha value is -0.970. The van der Waals surface area contributed by atoms with Crippen LogP contribution in [-0.4, -0.2) is 11.4 Å². The van der Waals surface area contributed by atoms with Gasteiger partial charge in [0.25, 0.3) is 6.43 Å². The third-order valence-corrected chi connectivity index (χ3v) is 1.60. The van der Waals surface area contributed by atoms with Crippen molar-refractivity contribution in [3.63, 3.8) is 0 Å². The zero-order valence-corrected chi connectivity index (χ0v) is 6.84. The van der Waals surface area contributed by atoms with Gasteiger partial charge in [-0.1, -0.05) is 0 Å². The maximum Gasteiger partial charge on any atom is 0.262 e. The fourth-order valence-corrected chi connectivity index (χ4v) is 0.748. The SMILES string of the molecule is Cc1nc(C(N)C(F)F)oc1C. The van der Waals surface area contributed by atoms with Gasteiger partial charge in [0.15, 0.2) is 0 Å². The summed E-state index contributed by atoms with van der Waals surface area (Å²) >= 11 is 0. The van der Waals surface area contributed by atoms with Gasteiger partial charge in [-0.2, -0.15) is 0 Å². The quantitative estimate of drug-likeness (QED) is 0.743. The number of rotatable bonds is 2. The van der Waals surface area contributed by atoms with E-state index in [2.05, 4.69) is 4.98 Å². The van der Waals surface area contributed by atoms with Crippen LogP contribution < -0.4 is 5.73 Å². The molecule has 12 heavy (non-hydrogen) atoms. The molecule has 2 N–H and O–H groups in total. The van der Waals surface area contributed by atoms with Crippen molar-refractivity contribution in [1.82, 2.24) is 4.98 Å². The van der Waals surface area contributed by atoms with Crippen LogP contribution in [0.5, 0.6) is 0 Å². The van der Waals surface area contributed by atoms with E-state index in [0.717, 1.165) is 0 Å². The Morgan fingerprint density at radius 1 is 1.42 bits per heavy atom. The second kappa shape index (κ2) is 3.18. The van der Waals surface area contributed by atoms with Gasteiger partial charge in [0.05, 0.1) is 5.69 Å². The topological polar surface area (TPSA) is 52.0 Å². The predicted octanol–water partition coefficient (Wildman–Crippen LogP) is 1.56. The van der Waals surface area contributed by atoms with Crippen molar-refractivity contribution in [2.75, 3.05) is 0 Å². The van der Waals surface area contributed by atoms with Crippen molar-refractivity contribution in [3.05, 3.63) is 17.3 Å². The minimum Gasteiger partial charge on any atom is -0.444 e. The third-order valence-electron chi connectivity index (χ3n) is 1.60. The van der Waals surface area contributed by atoms with E-state index >= 15 is 0 Å². The zero-order valence-electron chi connectivity index (χ0n) is 6.84. The van der Waals surface area contributed by atoms with Crippen LogP contribution in [0.25, 0.3) is 0 Å². The van der Waals surface area contributed by atoms with E-state index in [0.29, 0.717) is 11.5 Å². The first kappa shape index (κ1) is 9.12. The molecular weight excluding hydrogens is 166 g/mol. The third kappa shape index (κ3) is 1.61. The molecule has 5 heteroatoms. The lowest BCUT2D eigenvalue weighted by atomic mass is 10.3. The normalized spacial score (nSPS) is 13.8. The number of hydrogen-bond donors (Lipinski definition) is 1. The second-order valence-electron chi connectivity index (χ2n) is 2.55. The Labute approximate surface area is 68.6 Å². The number of nitrogens with zero attached hydrogens (tertiary/aromatic N) is 1. The molecule has 3 nitrogen and oxygen atoms in total. The molecule has 0 aliphatic carbocycles. The van der Waals surface area contributed by atoms with E-state index in [-0.39, 0.29) is 5.89 Å². The van der Waals surface area contributed by atoms with E-state index in [4.69, 9.17) is 10.2 Å². The van der Waals surface area contributed by atoms with Crippen LogP contribution >= 0.6 is 0 Å². The van der Waals surface area contributed by atoms with Gasteiger partial charge in [0.2, 0.25) is 5.89 Å². The van der Waals surface area contributed by atoms with Gasteiger partial charge in [0.1, 0.15) is 11.8 Å². The molecule has 0 spiro atoms. The second-order valence-corrected chi connectivity index (χ2v) is 2.55. The van der Waals surface area contributed by atoms with E-state index in [9.17, 15) is 8.78 Å². The first-order chi connectivity index (χ1) is 5.52. The maximum atomic E-state index is 12.0. The lowest BCUT2D eigenvalue weighted by Crippen LogP contribution is -2.19. The molecule has 1 atom stereocenters. The number of halogens is 2. The summed E-state index contributed by atoms with van der Waals surface area (Å²) in [5, 5.41) is 0. The zero-order chi connectivity index (χ0) is 9.30. The monoisotopic (exact) mass is 176 g/mol. The smallest absolute Gasteiger partial charge is 0.262 e. The molecule has 0 aromatic carbocycles. The molecule has 0 saturated carbocycles. The predicted molar refractivity (Wildman–Crippen MR) is 38.9 cm³/mol. The van der Waals surface area contributed by atoms with Crippen molar-refractivity contribution in [2.24, 2.45) is 5.73 Å². The summed E-state index contributed by atoms with van der Waals surface area (Å²) in [4.78, 5) is 3.76. The highest BCUT2D eigenvalue weighted by molar-refractivity contribution is 5.07. The van der Waals surface area contributed by atoms with Crippen LogP contribution in [0, 0.1) is 13.8 Å². The Morgan fingerprint density at radius 2 is 2.00 bits per heavy atom. The van der Waals surface area contributed by atoms with Crippen LogP contribution in [0.3, 0.4) is 0 Å². The van der Waals surface area contributed by atoms with Crippen LogP contribution in [-0.2, 0) is 0 Å². The first-order valence-electron chi connectivity index (χ1n) is 3.50. The number of hydrogen-bond acceptors (Lipinski definition) is 3. The van der Waals surface area contributed by atoms with Crippen molar-refractivity contribution in [1.29, 1.82) is 0 Å². The van der Waals surface area contributed by atoms with Crippen molar-refractivity contribution < 1.29 is 13.2 Å². The maximum absolute atomic E-state index is 12.0. The fraction of sp³-hybridized carbons (Fsp3) is 0.571. The molecule has 0 aliphatic heterocycles. The number of nitrogens with two attached hydrogens (primary N) is 1. The molecule has 0 fully saturated rings. The van der Waals surface area contributed by atoms with Crippen molar-refractivity contribution in [2.45, 2.75) is 26.3 Å². The summed E-state index contributed by atoms with van der Waals surface area (Å²) in [6.07, 6.45) is -2.64. The van der Waals surface area contributed by atoms with Crippen molar-refractivity contribution >= 4 is 0 Å². The van der Waals surface area contributed by atoms with Gasteiger partial charge in [-0.25, -0.2) is 13.8 Å². The Bertz CT molecular complexity index is 253. The van der Waals surface area contributed by atoms with E-state index in [1.807, 2.05) is 0 Å². The minimum atomic E-state index is -2.64. The van der Waals surface area contributed by atoms with E-state index in [1.165, 1.54) is 0 Å². The number of aryl methyl sites for hydroxylation is 2. The van der Waals surface area contributed by atoms with Gasteiger partial charge in [-0.3, -0.25) is 0 Å². The molecule has 0 radical (unpaired) electrons. The largest absolute Gasteiger partial charge is 0.444 e. The van der Waals surface area contributed by atoms with Gasteiger partial charge in [-0.15, -0.1) is 0 Å². The lowest BCUT2D eigenvalue weighted by molar-refractivity contribution is 0.104. The minimum absolute atomic E-state index is 0.0972. The number of aromatic nitrogens is 1. The fourth-order valence-electron chi connectivity index (χ4n) is 0.748. The molecule has 0 aliphatic rings. The summed E-state index contributed by atoms with van der Waals surface area (Å²) in [6, 6.07) is -1.42. The summed E-state index contributed by atoms with van der Waals surface area (Å²) in [5.41, 5.74) is 5.71. The van der Waals surface area contributed by atoms with Gasteiger partial charge in [0, 0.05) is 0 Å². The van der Waals surface area contributed by atoms with E-state index < -0.39 is 12.5 Å². The summed E-state index contributed by atoms with van der Waals surface area (Å²) in [6.45, 7) is 3.34. The molecule has 0 saturated heterocycles. The van der Waals surface area contributed by atoms with Crippen LogP contribution in [0.15, 0.2) is 4.42 Å². The standard InChI is InChI=1S/C7H10F2N2O/c1-3-4(2)12-7(11-3)5(10)6(8)9/h5-6H,10H2,1-2H3. The molecule has 1 rings (SSSR count). The average molecular weight is 176 g/mol. The first-order valence-corrected chi connectivity index (χ1v) is 3.50. The molecule has 1 aromatic rings. The highest BCUT2D eigenvalue weighted by Gasteiger charge is 2.23. The highest BCUT2D eigenvalue weighted by Crippen LogP contribution is 2.19. The summed E-state index contributed by atoms with van der Waals surface area (Å²) in [5.74, 6) is 0.432.